The minimum Gasteiger partial charge on any atom is -0.250 e. The first kappa shape index (κ1) is 13.1. The molecule has 0 aliphatic rings. The van der Waals surface area contributed by atoms with Crippen LogP contribution in [0.25, 0.3) is 0 Å². The van der Waals surface area contributed by atoms with Gasteiger partial charge in [0.2, 0.25) is 0 Å². The molecule has 0 aliphatic heterocycles. The van der Waals surface area contributed by atoms with Gasteiger partial charge in [0.25, 0.3) is 0 Å². The van der Waals surface area contributed by atoms with Gasteiger partial charge in [-0.25, -0.2) is 5.43 Å². The molecular formula is C10H13Cl3N2. The number of rotatable bonds is 3. The van der Waals surface area contributed by atoms with Gasteiger partial charge >= 0.3 is 0 Å². The van der Waals surface area contributed by atoms with Crippen LogP contribution in [-0.4, -0.2) is 19.1 Å². The van der Waals surface area contributed by atoms with Crippen molar-refractivity contribution in [2.75, 3.05) is 14.1 Å². The number of hydrogen-bond acceptors (Lipinski definition) is 2. The maximum absolute atomic E-state index is 6.10. The van der Waals surface area contributed by atoms with E-state index >= 15 is 0 Å². The fourth-order valence-electron chi connectivity index (χ4n) is 1.33. The average Bonchev–Trinajstić information content (AvgIpc) is 2.13. The summed E-state index contributed by atoms with van der Waals surface area (Å²) in [4.78, 5) is 0. The predicted molar refractivity (Wildman–Crippen MR) is 66.7 cm³/mol. The summed E-state index contributed by atoms with van der Waals surface area (Å²) in [6, 6.07) is 3.71. The lowest BCUT2D eigenvalue weighted by molar-refractivity contribution is 0.252. The highest BCUT2D eigenvalue weighted by Gasteiger charge is 2.14. The molecule has 1 aromatic rings. The lowest BCUT2D eigenvalue weighted by atomic mass is 10.1. The van der Waals surface area contributed by atoms with Crippen LogP contribution in [-0.2, 0) is 0 Å². The molecule has 15 heavy (non-hydrogen) atoms. The standard InChI is InChI=1S/C10H13Cl3N2/c1-6(14-15(2)3)7-4-5-8(11)10(13)9(7)12/h4-6,14H,1-3H3. The molecular weight excluding hydrogens is 254 g/mol. The van der Waals surface area contributed by atoms with E-state index in [1.165, 1.54) is 0 Å². The molecule has 5 heteroatoms. The van der Waals surface area contributed by atoms with E-state index in [1.54, 1.807) is 6.07 Å². The minimum atomic E-state index is 0.0854. The van der Waals surface area contributed by atoms with Gasteiger partial charge in [-0.05, 0) is 18.6 Å². The number of hydrazine groups is 1. The third kappa shape index (κ3) is 3.23. The summed E-state index contributed by atoms with van der Waals surface area (Å²) in [5.74, 6) is 0. The quantitative estimate of drug-likeness (QED) is 0.662. The van der Waals surface area contributed by atoms with E-state index < -0.39 is 0 Å². The molecule has 0 aliphatic carbocycles. The van der Waals surface area contributed by atoms with Crippen molar-refractivity contribution in [3.05, 3.63) is 32.8 Å². The van der Waals surface area contributed by atoms with Gasteiger partial charge in [-0.3, -0.25) is 5.01 Å². The Morgan fingerprint density at radius 2 is 1.73 bits per heavy atom. The van der Waals surface area contributed by atoms with Crippen LogP contribution in [0, 0.1) is 0 Å². The van der Waals surface area contributed by atoms with Crippen LogP contribution in [0.4, 0.5) is 0 Å². The molecule has 0 heterocycles. The van der Waals surface area contributed by atoms with Gasteiger partial charge in [0.05, 0.1) is 15.1 Å². The molecule has 0 amide bonds. The maximum atomic E-state index is 6.10. The van der Waals surface area contributed by atoms with Crippen LogP contribution < -0.4 is 5.43 Å². The van der Waals surface area contributed by atoms with Crippen LogP contribution in [0.1, 0.15) is 18.5 Å². The monoisotopic (exact) mass is 266 g/mol. The number of hydrogen-bond donors (Lipinski definition) is 1. The second-order valence-corrected chi connectivity index (χ2v) is 4.67. The molecule has 84 valence electrons. The van der Waals surface area contributed by atoms with E-state index in [4.69, 9.17) is 34.8 Å². The molecule has 0 radical (unpaired) electrons. The van der Waals surface area contributed by atoms with E-state index in [0.29, 0.717) is 15.1 Å². The van der Waals surface area contributed by atoms with Crippen LogP contribution in [0.3, 0.4) is 0 Å². The highest BCUT2D eigenvalue weighted by molar-refractivity contribution is 6.48. The Labute approximate surface area is 105 Å². The first-order valence-corrected chi connectivity index (χ1v) is 5.63. The zero-order valence-electron chi connectivity index (χ0n) is 8.81. The topological polar surface area (TPSA) is 15.3 Å². The van der Waals surface area contributed by atoms with Crippen molar-refractivity contribution in [3.8, 4) is 0 Å². The molecule has 0 aromatic heterocycles. The highest BCUT2D eigenvalue weighted by atomic mass is 35.5. The number of nitrogens with one attached hydrogen (secondary N) is 1. The fourth-order valence-corrected chi connectivity index (χ4v) is 2.04. The summed E-state index contributed by atoms with van der Waals surface area (Å²) < 4.78 is 0. The summed E-state index contributed by atoms with van der Waals surface area (Å²) in [6.07, 6.45) is 0. The smallest absolute Gasteiger partial charge is 0.0781 e. The Morgan fingerprint density at radius 3 is 2.27 bits per heavy atom. The summed E-state index contributed by atoms with van der Waals surface area (Å²) in [7, 11) is 3.84. The molecule has 1 aromatic carbocycles. The van der Waals surface area contributed by atoms with Crippen molar-refractivity contribution >= 4 is 34.8 Å². The Hall–Kier alpha value is 0.01000. The molecule has 1 atom stereocenters. The fraction of sp³-hybridized carbons (Fsp3) is 0.400. The highest BCUT2D eigenvalue weighted by Crippen LogP contribution is 2.35. The zero-order valence-corrected chi connectivity index (χ0v) is 11.1. The maximum Gasteiger partial charge on any atom is 0.0781 e. The molecule has 2 nitrogen and oxygen atoms in total. The van der Waals surface area contributed by atoms with Crippen molar-refractivity contribution in [1.29, 1.82) is 0 Å². The Kier molecular flexibility index (Phi) is 4.68. The van der Waals surface area contributed by atoms with E-state index in [-0.39, 0.29) is 6.04 Å². The van der Waals surface area contributed by atoms with Crippen molar-refractivity contribution in [1.82, 2.24) is 10.4 Å². The van der Waals surface area contributed by atoms with Crippen LogP contribution >= 0.6 is 34.8 Å². The summed E-state index contributed by atoms with van der Waals surface area (Å²) in [5, 5.41) is 3.25. The molecule has 0 spiro atoms. The molecule has 0 bridgehead atoms. The summed E-state index contributed by atoms with van der Waals surface area (Å²) in [5.41, 5.74) is 4.12. The van der Waals surface area contributed by atoms with E-state index in [1.807, 2.05) is 32.1 Å². The van der Waals surface area contributed by atoms with Crippen molar-refractivity contribution < 1.29 is 0 Å². The number of nitrogens with zero attached hydrogens (tertiary/aromatic N) is 1. The second-order valence-electron chi connectivity index (χ2n) is 3.51. The average molecular weight is 268 g/mol. The minimum absolute atomic E-state index is 0.0854. The molecule has 1 rings (SSSR count). The SMILES string of the molecule is CC(NN(C)C)c1ccc(Cl)c(Cl)c1Cl. The number of halogens is 3. The van der Waals surface area contributed by atoms with E-state index in [2.05, 4.69) is 5.43 Å². The van der Waals surface area contributed by atoms with Gasteiger partial charge in [0, 0.05) is 20.1 Å². The predicted octanol–water partition coefficient (Wildman–Crippen LogP) is 3.77. The van der Waals surface area contributed by atoms with E-state index in [9.17, 15) is 0 Å². The third-order valence-corrected chi connectivity index (χ3v) is 3.29. The third-order valence-electron chi connectivity index (χ3n) is 1.98. The van der Waals surface area contributed by atoms with Crippen molar-refractivity contribution in [3.63, 3.8) is 0 Å². The molecule has 1 N–H and O–H groups in total. The molecule has 1 unspecified atom stereocenters. The summed E-state index contributed by atoms with van der Waals surface area (Å²) in [6.45, 7) is 2.01. The molecule has 0 saturated carbocycles. The first-order chi connectivity index (χ1) is 6.93. The van der Waals surface area contributed by atoms with Crippen molar-refractivity contribution in [2.24, 2.45) is 0 Å². The normalized spacial score (nSPS) is 13.3. The van der Waals surface area contributed by atoms with Crippen LogP contribution in [0.2, 0.25) is 15.1 Å². The largest absolute Gasteiger partial charge is 0.250 e. The Morgan fingerprint density at radius 1 is 1.13 bits per heavy atom. The second kappa shape index (κ2) is 5.37. The van der Waals surface area contributed by atoms with Gasteiger partial charge in [0.15, 0.2) is 0 Å². The van der Waals surface area contributed by atoms with E-state index in [0.717, 1.165) is 5.56 Å². The Bertz CT molecular complexity index is 353. The van der Waals surface area contributed by atoms with Gasteiger partial charge in [0.1, 0.15) is 0 Å². The molecule has 0 saturated heterocycles. The Balaban J connectivity index is 3.00. The first-order valence-electron chi connectivity index (χ1n) is 4.50. The van der Waals surface area contributed by atoms with Crippen molar-refractivity contribution in [2.45, 2.75) is 13.0 Å². The molecule has 0 fully saturated rings. The lowest BCUT2D eigenvalue weighted by Crippen LogP contribution is -2.32. The number of benzene rings is 1. The zero-order chi connectivity index (χ0) is 11.6. The summed E-state index contributed by atoms with van der Waals surface area (Å²) >= 11 is 17.9. The van der Waals surface area contributed by atoms with Crippen LogP contribution in [0.5, 0.6) is 0 Å². The van der Waals surface area contributed by atoms with Gasteiger partial charge in [-0.2, -0.15) is 0 Å². The lowest BCUT2D eigenvalue weighted by Gasteiger charge is -2.21. The van der Waals surface area contributed by atoms with Gasteiger partial charge < -0.3 is 0 Å². The van der Waals surface area contributed by atoms with Crippen LogP contribution in [0.15, 0.2) is 12.1 Å². The van der Waals surface area contributed by atoms with Gasteiger partial charge in [-0.1, -0.05) is 40.9 Å². The van der Waals surface area contributed by atoms with Gasteiger partial charge in [-0.15, -0.1) is 0 Å².